The Labute approximate surface area is 161 Å². The van der Waals surface area contributed by atoms with Crippen molar-refractivity contribution in [2.45, 2.75) is 4.90 Å². The maximum atomic E-state index is 12.9. The Morgan fingerprint density at radius 3 is 2.37 bits per heavy atom. The number of anilines is 1. The van der Waals surface area contributed by atoms with Gasteiger partial charge in [0.15, 0.2) is 14.7 Å². The van der Waals surface area contributed by atoms with Crippen LogP contribution in [0.3, 0.4) is 0 Å². The summed E-state index contributed by atoms with van der Waals surface area (Å²) in [7, 11) is -6.62. The molecule has 0 saturated carbocycles. The molecule has 0 aliphatic carbocycles. The number of halogens is 1. The van der Waals surface area contributed by atoms with E-state index in [2.05, 4.69) is 0 Å². The van der Waals surface area contributed by atoms with Gasteiger partial charge in [-0.3, -0.25) is 9.10 Å². The highest BCUT2D eigenvalue weighted by Gasteiger charge is 2.40. The Balaban J connectivity index is 2.23. The Kier molecular flexibility index (Phi) is 4.57. The molecule has 10 heteroatoms. The number of para-hydroxylation sites is 1. The zero-order valence-corrected chi connectivity index (χ0v) is 16.6. The van der Waals surface area contributed by atoms with E-state index in [0.29, 0.717) is 0 Å². The second kappa shape index (κ2) is 6.36. The molecule has 1 N–H and O–H groups in total. The number of nitrogens with zero attached hydrogens (tertiary/aromatic N) is 1. The van der Waals surface area contributed by atoms with Gasteiger partial charge in [-0.25, -0.2) is 16.8 Å². The fraction of sp³-hybridized carbons (Fsp3) is 0.118. The van der Waals surface area contributed by atoms with Crippen LogP contribution in [0.15, 0.2) is 52.3 Å². The molecule has 0 bridgehead atoms. The Morgan fingerprint density at radius 1 is 1.15 bits per heavy atom. The Bertz CT molecular complexity index is 1220. The van der Waals surface area contributed by atoms with Crippen molar-refractivity contribution in [1.29, 1.82) is 0 Å². The molecule has 3 rings (SSSR count). The number of aliphatic hydroxyl groups is 1. The van der Waals surface area contributed by atoms with Crippen LogP contribution in [0.5, 0.6) is 0 Å². The van der Waals surface area contributed by atoms with E-state index in [1.807, 2.05) is 0 Å². The van der Waals surface area contributed by atoms with Gasteiger partial charge in [-0.05, 0) is 30.3 Å². The van der Waals surface area contributed by atoms with E-state index in [1.165, 1.54) is 19.2 Å². The van der Waals surface area contributed by atoms with E-state index in [9.17, 15) is 26.7 Å². The van der Waals surface area contributed by atoms with Gasteiger partial charge in [-0.2, -0.15) is 0 Å². The first-order valence-corrected chi connectivity index (χ1v) is 11.2. The number of hydrogen-bond donors (Lipinski definition) is 1. The van der Waals surface area contributed by atoms with Crippen molar-refractivity contribution in [1.82, 2.24) is 0 Å². The zero-order valence-electron chi connectivity index (χ0n) is 14.2. The zero-order chi connectivity index (χ0) is 20.1. The monoisotopic (exact) mass is 427 g/mol. The third-order valence-corrected chi connectivity index (χ3v) is 7.39. The van der Waals surface area contributed by atoms with Gasteiger partial charge in [-0.15, -0.1) is 0 Å². The number of allylic oxidation sites excluding steroid dienone is 1. The van der Waals surface area contributed by atoms with Crippen LogP contribution in [0.1, 0.15) is 15.9 Å². The number of benzene rings is 2. The number of sulfonamides is 1. The summed E-state index contributed by atoms with van der Waals surface area (Å²) in [5, 5.41) is 10.3. The van der Waals surface area contributed by atoms with Crippen molar-refractivity contribution in [3.05, 3.63) is 63.5 Å². The number of Topliss-reactive ketones (excluding diaryl/α,β-unsaturated/α-hetero) is 1. The predicted octanol–water partition coefficient (Wildman–Crippen LogP) is 2.63. The average Bonchev–Trinajstić information content (AvgIpc) is 2.59. The standard InChI is InChI=1S/C17H14ClNO6S2/c1-19-14-6-4-3-5-12(14)16(21)17(27(19,24)25)15(20)11-8-7-10(9-13(11)18)26(2,22)23/h3-9,21H,1-2H3. The van der Waals surface area contributed by atoms with E-state index < -0.39 is 36.3 Å². The molecule has 0 aromatic heterocycles. The number of sulfone groups is 1. The van der Waals surface area contributed by atoms with Crippen molar-refractivity contribution < 1.29 is 26.7 Å². The van der Waals surface area contributed by atoms with Crippen LogP contribution in [-0.4, -0.2) is 41.0 Å². The average molecular weight is 428 g/mol. The molecule has 0 unspecified atom stereocenters. The molecule has 0 spiro atoms. The van der Waals surface area contributed by atoms with Crippen LogP contribution in [0, 0.1) is 0 Å². The van der Waals surface area contributed by atoms with Gasteiger partial charge < -0.3 is 5.11 Å². The van der Waals surface area contributed by atoms with Gasteiger partial charge in [-0.1, -0.05) is 23.7 Å². The molecule has 0 fully saturated rings. The van der Waals surface area contributed by atoms with Crippen LogP contribution >= 0.6 is 11.6 Å². The minimum atomic E-state index is -4.33. The molecular formula is C17H14ClNO6S2. The summed E-state index contributed by atoms with van der Waals surface area (Å²) >= 11 is 6.03. The van der Waals surface area contributed by atoms with E-state index >= 15 is 0 Å². The second-order valence-corrected chi connectivity index (χ2v) is 10.2. The van der Waals surface area contributed by atoms with E-state index in [1.54, 1.807) is 12.1 Å². The summed E-state index contributed by atoms with van der Waals surface area (Å²) in [4.78, 5) is 12.0. The summed E-state index contributed by atoms with van der Waals surface area (Å²) in [5.41, 5.74) is 0.175. The third kappa shape index (κ3) is 3.11. The first-order valence-electron chi connectivity index (χ1n) is 7.52. The van der Waals surface area contributed by atoms with Gasteiger partial charge in [0, 0.05) is 24.4 Å². The number of carbonyl (C=O) groups excluding carboxylic acids is 1. The van der Waals surface area contributed by atoms with Crippen LogP contribution in [0.2, 0.25) is 5.02 Å². The predicted molar refractivity (Wildman–Crippen MR) is 102 cm³/mol. The van der Waals surface area contributed by atoms with Crippen molar-refractivity contribution >= 4 is 48.7 Å². The number of aliphatic hydroxyl groups excluding tert-OH is 1. The number of fused-ring (bicyclic) bond motifs is 1. The van der Waals surface area contributed by atoms with Crippen molar-refractivity contribution in [3.8, 4) is 0 Å². The molecular weight excluding hydrogens is 414 g/mol. The highest BCUT2D eigenvalue weighted by atomic mass is 35.5. The molecule has 7 nitrogen and oxygen atoms in total. The molecule has 1 aliphatic rings. The van der Waals surface area contributed by atoms with E-state index in [4.69, 9.17) is 11.6 Å². The number of ketones is 1. The maximum Gasteiger partial charge on any atom is 0.271 e. The van der Waals surface area contributed by atoms with Crippen LogP contribution in [0.25, 0.3) is 5.76 Å². The molecule has 0 atom stereocenters. The number of carbonyl (C=O) groups is 1. The lowest BCUT2D eigenvalue weighted by Crippen LogP contribution is -2.35. The largest absolute Gasteiger partial charge is 0.506 e. The molecule has 27 heavy (non-hydrogen) atoms. The minimum Gasteiger partial charge on any atom is -0.506 e. The fourth-order valence-electron chi connectivity index (χ4n) is 2.72. The normalized spacial score (nSPS) is 16.2. The first-order chi connectivity index (χ1) is 12.5. The molecule has 0 radical (unpaired) electrons. The summed E-state index contributed by atoms with van der Waals surface area (Å²) < 4.78 is 49.7. The maximum absolute atomic E-state index is 12.9. The van der Waals surface area contributed by atoms with Gasteiger partial charge >= 0.3 is 0 Å². The van der Waals surface area contributed by atoms with Gasteiger partial charge in [0.25, 0.3) is 10.0 Å². The smallest absolute Gasteiger partial charge is 0.271 e. The third-order valence-electron chi connectivity index (χ3n) is 4.15. The lowest BCUT2D eigenvalue weighted by molar-refractivity contribution is 0.104. The number of hydrogen-bond acceptors (Lipinski definition) is 6. The summed E-state index contributed by atoms with van der Waals surface area (Å²) in [5.74, 6) is -1.71. The second-order valence-electron chi connectivity index (χ2n) is 5.91. The van der Waals surface area contributed by atoms with Crippen molar-refractivity contribution in [3.63, 3.8) is 0 Å². The lowest BCUT2D eigenvalue weighted by atomic mass is 10.1. The quantitative estimate of drug-likeness (QED) is 0.754. The van der Waals surface area contributed by atoms with Gasteiger partial charge in [0.2, 0.25) is 5.78 Å². The highest BCUT2D eigenvalue weighted by molar-refractivity contribution is 7.97. The Hall–Kier alpha value is -2.36. The first kappa shape index (κ1) is 19.4. The fourth-order valence-corrected chi connectivity index (χ4v) is 5.09. The minimum absolute atomic E-state index is 0.115. The molecule has 2 aromatic carbocycles. The Morgan fingerprint density at radius 2 is 1.78 bits per heavy atom. The van der Waals surface area contributed by atoms with Crippen molar-refractivity contribution in [2.75, 3.05) is 17.6 Å². The molecule has 0 saturated heterocycles. The lowest BCUT2D eigenvalue weighted by Gasteiger charge is -2.28. The van der Waals surface area contributed by atoms with Crippen LogP contribution < -0.4 is 4.31 Å². The topological polar surface area (TPSA) is 109 Å². The van der Waals surface area contributed by atoms with E-state index in [0.717, 1.165) is 28.8 Å². The molecule has 0 amide bonds. The van der Waals surface area contributed by atoms with Gasteiger partial charge in [0.1, 0.15) is 5.76 Å². The highest BCUT2D eigenvalue weighted by Crippen LogP contribution is 2.39. The number of rotatable bonds is 3. The van der Waals surface area contributed by atoms with Crippen LogP contribution in [-0.2, 0) is 19.9 Å². The summed E-state index contributed by atoms with van der Waals surface area (Å²) in [6, 6.07) is 9.52. The van der Waals surface area contributed by atoms with Crippen molar-refractivity contribution in [2.24, 2.45) is 0 Å². The summed E-state index contributed by atoms with van der Waals surface area (Å²) in [6.07, 6.45) is 0.978. The van der Waals surface area contributed by atoms with Crippen LogP contribution in [0.4, 0.5) is 5.69 Å². The molecule has 142 valence electrons. The molecule has 2 aromatic rings. The SMILES string of the molecule is CN1c2ccccc2C(O)=C(C(=O)c2ccc(S(C)(=O)=O)cc2Cl)S1(=O)=O. The summed E-state index contributed by atoms with van der Waals surface area (Å²) in [6.45, 7) is 0. The molecule has 1 heterocycles. The van der Waals surface area contributed by atoms with E-state index in [-0.39, 0.29) is 26.7 Å². The van der Waals surface area contributed by atoms with Gasteiger partial charge in [0.05, 0.1) is 15.6 Å². The molecule has 1 aliphatic heterocycles.